The number of hydrogen-bond acceptors (Lipinski definition) is 5. The largest absolute Gasteiger partial charge is 0.448 e. The number of amides is 1. The Morgan fingerprint density at radius 3 is 2.50 bits per heavy atom. The van der Waals surface area contributed by atoms with Crippen LogP contribution in [0.5, 0.6) is 0 Å². The molecule has 1 aromatic heterocycles. The minimum absolute atomic E-state index is 0.0604. The zero-order valence-corrected chi connectivity index (χ0v) is 16.3. The van der Waals surface area contributed by atoms with Crippen LogP contribution in [-0.2, 0) is 9.53 Å². The number of anilines is 1. The van der Waals surface area contributed by atoms with E-state index in [4.69, 9.17) is 9.15 Å². The molecular weight excluding hydrogens is 356 g/mol. The van der Waals surface area contributed by atoms with Crippen LogP contribution in [0.1, 0.15) is 34.3 Å². The monoisotopic (exact) mass is 378 g/mol. The number of oxazole rings is 1. The van der Waals surface area contributed by atoms with Crippen molar-refractivity contribution in [1.82, 2.24) is 4.98 Å². The van der Waals surface area contributed by atoms with Crippen molar-refractivity contribution in [3.63, 3.8) is 0 Å². The van der Waals surface area contributed by atoms with Crippen LogP contribution in [0.4, 0.5) is 5.69 Å². The summed E-state index contributed by atoms with van der Waals surface area (Å²) < 4.78 is 10.9. The smallest absolute Gasteiger partial charge is 0.361 e. The van der Waals surface area contributed by atoms with E-state index in [-0.39, 0.29) is 5.69 Å². The lowest BCUT2D eigenvalue weighted by atomic mass is 10.1. The average molecular weight is 378 g/mol. The molecule has 3 rings (SSSR count). The molecule has 6 nitrogen and oxygen atoms in total. The highest BCUT2D eigenvalue weighted by Gasteiger charge is 2.24. The first kappa shape index (κ1) is 19.4. The molecule has 0 spiro atoms. The van der Waals surface area contributed by atoms with Gasteiger partial charge in [-0.3, -0.25) is 4.79 Å². The first-order chi connectivity index (χ1) is 13.3. The van der Waals surface area contributed by atoms with Gasteiger partial charge in [0.2, 0.25) is 5.89 Å². The molecule has 0 radical (unpaired) electrons. The number of ether oxygens (including phenoxy) is 1. The van der Waals surface area contributed by atoms with Crippen molar-refractivity contribution < 1.29 is 18.7 Å². The van der Waals surface area contributed by atoms with Gasteiger partial charge in [-0.25, -0.2) is 9.78 Å². The standard InChI is InChI=1S/C22H22N2O4/c1-13-10-11-14(2)18(12-13)23-20(25)16(4)28-22(26)19-15(3)27-21(24-19)17-8-6-5-7-9-17/h5-12,16H,1-4H3,(H,23,25)/t16-/m1/s1. The van der Waals surface area contributed by atoms with Gasteiger partial charge >= 0.3 is 5.97 Å². The van der Waals surface area contributed by atoms with Crippen molar-refractivity contribution in [2.75, 3.05) is 5.32 Å². The number of aryl methyl sites for hydroxylation is 3. The second kappa shape index (κ2) is 8.08. The molecule has 2 aromatic carbocycles. The second-order valence-electron chi connectivity index (χ2n) is 6.65. The number of rotatable bonds is 5. The molecule has 144 valence electrons. The summed E-state index contributed by atoms with van der Waals surface area (Å²) in [5, 5.41) is 2.79. The highest BCUT2D eigenvalue weighted by Crippen LogP contribution is 2.22. The van der Waals surface area contributed by atoms with Gasteiger partial charge in [-0.05, 0) is 57.0 Å². The number of carbonyl (C=O) groups excluding carboxylic acids is 2. The number of esters is 1. The molecule has 1 N–H and O–H groups in total. The van der Waals surface area contributed by atoms with Gasteiger partial charge in [0.25, 0.3) is 5.91 Å². The molecule has 0 bridgehead atoms. The van der Waals surface area contributed by atoms with Gasteiger partial charge in [-0.2, -0.15) is 0 Å². The SMILES string of the molecule is Cc1ccc(C)c(NC(=O)[C@@H](C)OC(=O)c2nc(-c3ccccc3)oc2C)c1. The maximum absolute atomic E-state index is 12.5. The number of nitrogens with zero attached hydrogens (tertiary/aromatic N) is 1. The van der Waals surface area contributed by atoms with E-state index in [1.54, 1.807) is 6.92 Å². The van der Waals surface area contributed by atoms with Crippen LogP contribution in [0.2, 0.25) is 0 Å². The third-order valence-corrected chi connectivity index (χ3v) is 4.31. The predicted octanol–water partition coefficient (Wildman–Crippen LogP) is 4.45. The fourth-order valence-corrected chi connectivity index (χ4v) is 2.66. The van der Waals surface area contributed by atoms with Crippen molar-refractivity contribution >= 4 is 17.6 Å². The molecule has 28 heavy (non-hydrogen) atoms. The van der Waals surface area contributed by atoms with Crippen LogP contribution in [0.15, 0.2) is 52.9 Å². The summed E-state index contributed by atoms with van der Waals surface area (Å²) in [5.41, 5.74) is 3.46. The van der Waals surface area contributed by atoms with Gasteiger partial charge in [0.05, 0.1) is 0 Å². The molecule has 0 aliphatic rings. The summed E-state index contributed by atoms with van der Waals surface area (Å²) in [4.78, 5) is 29.1. The van der Waals surface area contributed by atoms with Crippen LogP contribution in [0.3, 0.4) is 0 Å². The Kier molecular flexibility index (Phi) is 5.59. The third kappa shape index (κ3) is 4.28. The van der Waals surface area contributed by atoms with Gasteiger partial charge in [0.15, 0.2) is 11.8 Å². The van der Waals surface area contributed by atoms with E-state index in [0.29, 0.717) is 17.3 Å². The third-order valence-electron chi connectivity index (χ3n) is 4.31. The molecule has 0 fully saturated rings. The average Bonchev–Trinajstić information content (AvgIpc) is 3.07. The van der Waals surface area contributed by atoms with E-state index in [1.807, 2.05) is 62.4 Å². The molecule has 0 aliphatic carbocycles. The minimum atomic E-state index is -0.983. The number of carbonyl (C=O) groups is 2. The van der Waals surface area contributed by atoms with E-state index < -0.39 is 18.0 Å². The van der Waals surface area contributed by atoms with Crippen molar-refractivity contribution in [1.29, 1.82) is 0 Å². The van der Waals surface area contributed by atoms with E-state index in [2.05, 4.69) is 10.3 Å². The maximum atomic E-state index is 12.5. The Hall–Kier alpha value is -3.41. The van der Waals surface area contributed by atoms with Crippen LogP contribution in [-0.4, -0.2) is 23.0 Å². The maximum Gasteiger partial charge on any atom is 0.361 e. The fraction of sp³-hybridized carbons (Fsp3) is 0.227. The molecule has 0 unspecified atom stereocenters. The predicted molar refractivity (Wildman–Crippen MR) is 106 cm³/mol. The molecule has 1 heterocycles. The highest BCUT2D eigenvalue weighted by atomic mass is 16.5. The van der Waals surface area contributed by atoms with Gasteiger partial charge in [0, 0.05) is 11.3 Å². The fourth-order valence-electron chi connectivity index (χ4n) is 2.66. The Morgan fingerprint density at radius 2 is 1.79 bits per heavy atom. The van der Waals surface area contributed by atoms with Crippen molar-refractivity contribution in [3.8, 4) is 11.5 Å². The minimum Gasteiger partial charge on any atom is -0.448 e. The first-order valence-corrected chi connectivity index (χ1v) is 8.97. The molecule has 0 saturated heterocycles. The van der Waals surface area contributed by atoms with Crippen LogP contribution >= 0.6 is 0 Å². The highest BCUT2D eigenvalue weighted by molar-refractivity contribution is 5.97. The van der Waals surface area contributed by atoms with Crippen LogP contribution in [0, 0.1) is 20.8 Å². The Bertz CT molecular complexity index is 1010. The van der Waals surface area contributed by atoms with Crippen molar-refractivity contribution in [2.45, 2.75) is 33.8 Å². The van der Waals surface area contributed by atoms with Gasteiger partial charge in [0.1, 0.15) is 5.76 Å². The first-order valence-electron chi connectivity index (χ1n) is 8.97. The van der Waals surface area contributed by atoms with Crippen LogP contribution < -0.4 is 5.32 Å². The molecule has 0 aliphatic heterocycles. The Labute approximate surface area is 163 Å². The van der Waals surface area contributed by atoms with Gasteiger partial charge in [-0.15, -0.1) is 0 Å². The summed E-state index contributed by atoms with van der Waals surface area (Å²) in [7, 11) is 0. The zero-order chi connectivity index (χ0) is 20.3. The Morgan fingerprint density at radius 1 is 1.07 bits per heavy atom. The number of benzene rings is 2. The Balaban J connectivity index is 1.69. The lowest BCUT2D eigenvalue weighted by Crippen LogP contribution is -2.30. The zero-order valence-electron chi connectivity index (χ0n) is 16.3. The second-order valence-corrected chi connectivity index (χ2v) is 6.65. The number of nitrogens with one attached hydrogen (secondary N) is 1. The van der Waals surface area contributed by atoms with Gasteiger partial charge in [-0.1, -0.05) is 30.3 Å². The quantitative estimate of drug-likeness (QED) is 0.663. The summed E-state index contributed by atoms with van der Waals surface area (Å²) in [6.07, 6.45) is -0.983. The molecule has 3 aromatic rings. The molecule has 1 atom stereocenters. The summed E-state index contributed by atoms with van der Waals surface area (Å²) in [6.45, 7) is 6.99. The normalized spacial score (nSPS) is 11.7. The number of aromatic nitrogens is 1. The topological polar surface area (TPSA) is 81.4 Å². The lowest BCUT2D eigenvalue weighted by Gasteiger charge is -2.14. The summed E-state index contributed by atoms with van der Waals surface area (Å²) >= 11 is 0. The van der Waals surface area contributed by atoms with Crippen molar-refractivity contribution in [3.05, 3.63) is 71.1 Å². The summed E-state index contributed by atoms with van der Waals surface area (Å²) in [6, 6.07) is 15.0. The molecule has 1 amide bonds. The molecule has 0 saturated carbocycles. The van der Waals surface area contributed by atoms with Crippen molar-refractivity contribution in [2.24, 2.45) is 0 Å². The van der Waals surface area contributed by atoms with Gasteiger partial charge < -0.3 is 14.5 Å². The lowest BCUT2D eigenvalue weighted by molar-refractivity contribution is -0.123. The van der Waals surface area contributed by atoms with E-state index in [1.165, 1.54) is 6.92 Å². The number of hydrogen-bond donors (Lipinski definition) is 1. The van der Waals surface area contributed by atoms with Crippen LogP contribution in [0.25, 0.3) is 11.5 Å². The van der Waals surface area contributed by atoms with E-state index >= 15 is 0 Å². The molecule has 6 heteroatoms. The van der Waals surface area contributed by atoms with E-state index in [9.17, 15) is 9.59 Å². The molecular formula is C22H22N2O4. The summed E-state index contributed by atoms with van der Waals surface area (Å²) in [5.74, 6) is -0.443. The van der Waals surface area contributed by atoms with E-state index in [0.717, 1.165) is 16.7 Å².